The molecule has 2 aromatic rings. The van der Waals surface area contributed by atoms with Crippen LogP contribution in [0.2, 0.25) is 10.0 Å². The lowest BCUT2D eigenvalue weighted by Gasteiger charge is -2.31. The van der Waals surface area contributed by atoms with E-state index in [4.69, 9.17) is 27.9 Å². The van der Waals surface area contributed by atoms with Gasteiger partial charge in [-0.2, -0.15) is 0 Å². The molecule has 0 saturated heterocycles. The molecule has 0 bridgehead atoms. The van der Waals surface area contributed by atoms with E-state index in [-0.39, 0.29) is 23.6 Å². The third-order valence-electron chi connectivity index (χ3n) is 5.43. The summed E-state index contributed by atoms with van der Waals surface area (Å²) in [5, 5.41) is 4.18. The Morgan fingerprint density at radius 1 is 1.06 bits per heavy atom. The lowest BCUT2D eigenvalue weighted by molar-refractivity contribution is -0.139. The summed E-state index contributed by atoms with van der Waals surface area (Å²) in [4.78, 5) is 28.0. The van der Waals surface area contributed by atoms with Crippen molar-refractivity contribution in [2.24, 2.45) is 0 Å². The lowest BCUT2D eigenvalue weighted by Crippen LogP contribution is -2.51. The predicted molar refractivity (Wildman–Crippen MR) is 138 cm³/mol. The number of carbonyl (C=O) groups excluding carboxylic acids is 2. The van der Waals surface area contributed by atoms with E-state index in [2.05, 4.69) is 5.32 Å². The molecule has 8 heteroatoms. The Bertz CT molecular complexity index is 904. The van der Waals surface area contributed by atoms with Crippen LogP contribution in [0.4, 0.5) is 0 Å². The van der Waals surface area contributed by atoms with Gasteiger partial charge in [-0.1, -0.05) is 55.2 Å². The number of methoxy groups -OCH3 is 1. The highest BCUT2D eigenvalue weighted by Crippen LogP contribution is 2.28. The molecule has 0 aliphatic heterocycles. The van der Waals surface area contributed by atoms with E-state index in [1.165, 1.54) is 11.8 Å². The molecule has 0 fully saturated rings. The van der Waals surface area contributed by atoms with Gasteiger partial charge < -0.3 is 15.0 Å². The van der Waals surface area contributed by atoms with E-state index >= 15 is 0 Å². The average molecular weight is 512 g/mol. The van der Waals surface area contributed by atoms with Gasteiger partial charge in [0.05, 0.1) is 12.9 Å². The number of halogens is 2. The van der Waals surface area contributed by atoms with Gasteiger partial charge >= 0.3 is 0 Å². The van der Waals surface area contributed by atoms with Crippen LogP contribution in [0.5, 0.6) is 5.75 Å². The Hall–Kier alpha value is -1.89. The summed E-state index contributed by atoms with van der Waals surface area (Å²) >= 11 is 14.0. The van der Waals surface area contributed by atoms with E-state index in [0.29, 0.717) is 28.8 Å². The minimum Gasteiger partial charge on any atom is -0.497 e. The number of nitrogens with zero attached hydrogens (tertiary/aromatic N) is 1. The molecule has 2 unspecified atom stereocenters. The van der Waals surface area contributed by atoms with E-state index in [1.54, 1.807) is 30.2 Å². The van der Waals surface area contributed by atoms with Crippen LogP contribution >= 0.6 is 35.0 Å². The van der Waals surface area contributed by atoms with Crippen LogP contribution in [-0.2, 0) is 21.9 Å². The van der Waals surface area contributed by atoms with Gasteiger partial charge in [-0.15, -0.1) is 11.8 Å². The molecule has 0 aliphatic carbocycles. The number of ether oxygens (including phenoxy) is 1. The van der Waals surface area contributed by atoms with Crippen molar-refractivity contribution in [1.82, 2.24) is 10.2 Å². The molecule has 180 valence electrons. The summed E-state index contributed by atoms with van der Waals surface area (Å²) < 4.78 is 5.23. The number of hydrogen-bond acceptors (Lipinski definition) is 4. The Morgan fingerprint density at radius 2 is 1.70 bits per heavy atom. The molecule has 0 spiro atoms. The zero-order valence-electron chi connectivity index (χ0n) is 19.6. The number of thioether (sulfide) groups is 1. The summed E-state index contributed by atoms with van der Waals surface area (Å²) in [5.41, 5.74) is 1.74. The molecule has 0 heterocycles. The maximum atomic E-state index is 13.3. The van der Waals surface area contributed by atoms with E-state index in [1.807, 2.05) is 45.0 Å². The highest BCUT2D eigenvalue weighted by molar-refractivity contribution is 7.99. The molecule has 2 atom stereocenters. The first-order chi connectivity index (χ1) is 15.8. The van der Waals surface area contributed by atoms with E-state index in [9.17, 15) is 9.59 Å². The fraction of sp³-hybridized carbons (Fsp3) is 0.440. The topological polar surface area (TPSA) is 58.6 Å². The number of amides is 2. The van der Waals surface area contributed by atoms with Crippen molar-refractivity contribution < 1.29 is 14.3 Å². The van der Waals surface area contributed by atoms with Crippen molar-refractivity contribution in [3.63, 3.8) is 0 Å². The molecule has 1 N–H and O–H groups in total. The largest absolute Gasteiger partial charge is 0.497 e. The van der Waals surface area contributed by atoms with Gasteiger partial charge in [0.25, 0.3) is 0 Å². The monoisotopic (exact) mass is 510 g/mol. The first kappa shape index (κ1) is 27.4. The quantitative estimate of drug-likeness (QED) is 0.382. The summed E-state index contributed by atoms with van der Waals surface area (Å²) in [7, 11) is 1.61. The number of nitrogens with one attached hydrogen (secondary N) is 1. The first-order valence-corrected chi connectivity index (χ1v) is 12.9. The second kappa shape index (κ2) is 13.7. The highest BCUT2D eigenvalue weighted by atomic mass is 35.5. The first-order valence-electron chi connectivity index (χ1n) is 11.0. The van der Waals surface area contributed by atoms with Crippen molar-refractivity contribution in [2.45, 2.75) is 58.0 Å². The molecule has 0 aromatic heterocycles. The zero-order valence-corrected chi connectivity index (χ0v) is 21.9. The van der Waals surface area contributed by atoms with Crippen molar-refractivity contribution in [3.8, 4) is 5.75 Å². The molecule has 0 aliphatic rings. The number of benzene rings is 2. The minimum atomic E-state index is -0.557. The second-order valence-electron chi connectivity index (χ2n) is 7.80. The van der Waals surface area contributed by atoms with Crippen LogP contribution in [0.15, 0.2) is 42.5 Å². The summed E-state index contributed by atoms with van der Waals surface area (Å²) in [6.07, 6.45) is 1.34. The number of rotatable bonds is 12. The maximum Gasteiger partial charge on any atom is 0.243 e. The Balaban J connectivity index is 2.18. The van der Waals surface area contributed by atoms with Crippen molar-refractivity contribution in [3.05, 3.63) is 63.6 Å². The highest BCUT2D eigenvalue weighted by Gasteiger charge is 2.29. The van der Waals surface area contributed by atoms with Gasteiger partial charge in [0.1, 0.15) is 11.8 Å². The lowest BCUT2D eigenvalue weighted by atomic mass is 10.1. The van der Waals surface area contributed by atoms with Crippen LogP contribution in [-0.4, -0.2) is 41.7 Å². The van der Waals surface area contributed by atoms with Crippen molar-refractivity contribution >= 4 is 46.8 Å². The van der Waals surface area contributed by atoms with Crippen molar-refractivity contribution in [2.75, 3.05) is 12.9 Å². The average Bonchev–Trinajstić information content (AvgIpc) is 2.81. The summed E-state index contributed by atoms with van der Waals surface area (Å²) in [6.45, 7) is 6.24. The fourth-order valence-corrected chi connectivity index (χ4v) is 4.93. The van der Waals surface area contributed by atoms with Gasteiger partial charge in [0, 0.05) is 28.4 Å². The van der Waals surface area contributed by atoms with Crippen LogP contribution in [0.1, 0.15) is 44.7 Å². The second-order valence-corrected chi connectivity index (χ2v) is 9.60. The Morgan fingerprint density at radius 3 is 2.24 bits per heavy atom. The fourth-order valence-electron chi connectivity index (χ4n) is 3.28. The van der Waals surface area contributed by atoms with Crippen LogP contribution in [0, 0.1) is 0 Å². The van der Waals surface area contributed by atoms with Gasteiger partial charge in [-0.25, -0.2) is 0 Å². The molecule has 2 aromatic carbocycles. The minimum absolute atomic E-state index is 0.0428. The Kier molecular flexibility index (Phi) is 11.4. The number of carbonyl (C=O) groups is 2. The van der Waals surface area contributed by atoms with Crippen LogP contribution in [0.25, 0.3) is 0 Å². The maximum absolute atomic E-state index is 13.3. The predicted octanol–water partition coefficient (Wildman–Crippen LogP) is 5.96. The SMILES string of the molecule is CCC(C)NC(=O)C(CC)N(Cc1ccc(OC)cc1)C(=O)CSCc1c(Cl)cccc1Cl. The van der Waals surface area contributed by atoms with Gasteiger partial charge in [0.15, 0.2) is 0 Å². The van der Waals surface area contributed by atoms with Crippen molar-refractivity contribution in [1.29, 1.82) is 0 Å². The number of hydrogen-bond donors (Lipinski definition) is 1. The molecular weight excluding hydrogens is 479 g/mol. The van der Waals surface area contributed by atoms with Gasteiger partial charge in [-0.05, 0) is 55.2 Å². The molecule has 0 radical (unpaired) electrons. The molecule has 33 heavy (non-hydrogen) atoms. The normalized spacial score (nSPS) is 12.7. The van der Waals surface area contributed by atoms with E-state index < -0.39 is 6.04 Å². The molecular formula is C25H32Cl2N2O3S. The third-order valence-corrected chi connectivity index (χ3v) is 7.08. The molecule has 0 saturated carbocycles. The van der Waals surface area contributed by atoms with Crippen LogP contribution < -0.4 is 10.1 Å². The summed E-state index contributed by atoms with van der Waals surface area (Å²) in [5.74, 6) is 1.23. The van der Waals surface area contributed by atoms with Gasteiger partial charge in [0.2, 0.25) is 11.8 Å². The van der Waals surface area contributed by atoms with Crippen LogP contribution in [0.3, 0.4) is 0 Å². The molecule has 5 nitrogen and oxygen atoms in total. The molecule has 2 rings (SSSR count). The Labute approximate surface area is 211 Å². The zero-order chi connectivity index (χ0) is 24.4. The molecule has 2 amide bonds. The summed E-state index contributed by atoms with van der Waals surface area (Å²) in [6, 6.07) is 12.4. The van der Waals surface area contributed by atoms with Gasteiger partial charge in [-0.3, -0.25) is 9.59 Å². The smallest absolute Gasteiger partial charge is 0.243 e. The third kappa shape index (κ3) is 8.13. The van der Waals surface area contributed by atoms with E-state index in [0.717, 1.165) is 23.3 Å². The standard InChI is InChI=1S/C25H32Cl2N2O3S/c1-5-17(3)28-25(31)23(6-2)29(14-18-10-12-19(32-4)13-11-18)24(30)16-33-15-20-21(26)8-7-9-22(20)27/h7-13,17,23H,5-6,14-16H2,1-4H3,(H,28,31).